The summed E-state index contributed by atoms with van der Waals surface area (Å²) < 4.78 is 0. The molecule has 2 heteroatoms. The van der Waals surface area contributed by atoms with Gasteiger partial charge in [-0.1, -0.05) is 26.2 Å². The summed E-state index contributed by atoms with van der Waals surface area (Å²) in [7, 11) is 0. The van der Waals surface area contributed by atoms with Crippen molar-refractivity contribution >= 4 is 11.5 Å². The van der Waals surface area contributed by atoms with Gasteiger partial charge < -0.3 is 5.32 Å². The third-order valence-electron chi connectivity index (χ3n) is 2.65. The molecular weight excluding hydrogens is 210 g/mol. The van der Waals surface area contributed by atoms with E-state index in [1.807, 2.05) is 31.2 Å². The van der Waals surface area contributed by atoms with E-state index in [1.165, 1.54) is 0 Å². The van der Waals surface area contributed by atoms with Crippen LogP contribution < -0.4 is 5.32 Å². The lowest BCUT2D eigenvalue weighted by Gasteiger charge is -2.13. The van der Waals surface area contributed by atoms with Crippen LogP contribution in [-0.2, 0) is 0 Å². The molecule has 1 aromatic carbocycles. The normalized spacial score (nSPS) is 11.6. The van der Waals surface area contributed by atoms with Gasteiger partial charge in [0.1, 0.15) is 0 Å². The van der Waals surface area contributed by atoms with Crippen LogP contribution >= 0.6 is 0 Å². The number of nitrogens with one attached hydrogen (secondary N) is 1. The van der Waals surface area contributed by atoms with Crippen LogP contribution in [0.2, 0.25) is 0 Å². The van der Waals surface area contributed by atoms with Gasteiger partial charge in [0.15, 0.2) is 5.78 Å². The Morgan fingerprint density at radius 1 is 1.35 bits per heavy atom. The zero-order valence-electron chi connectivity index (χ0n) is 10.5. The molecule has 1 atom stereocenters. The van der Waals surface area contributed by atoms with Gasteiger partial charge in [-0.2, -0.15) is 0 Å². The Kier molecular flexibility index (Phi) is 5.29. The molecule has 1 unspecified atom stereocenters. The van der Waals surface area contributed by atoms with Crippen molar-refractivity contribution in [3.05, 3.63) is 29.8 Å². The minimum atomic E-state index is 0.0627. The molecule has 0 spiro atoms. The first kappa shape index (κ1) is 13.3. The topological polar surface area (TPSA) is 29.1 Å². The minimum Gasteiger partial charge on any atom is -0.372 e. The second kappa shape index (κ2) is 6.75. The predicted octanol–water partition coefficient (Wildman–Crippen LogP) is 3.49. The number of ketones is 1. The van der Waals surface area contributed by atoms with Crippen LogP contribution in [0.5, 0.6) is 0 Å². The Hall–Kier alpha value is -1.75. The van der Waals surface area contributed by atoms with Crippen LogP contribution in [0.25, 0.3) is 0 Å². The highest BCUT2D eigenvalue weighted by Gasteiger charge is 2.05. The summed E-state index contributed by atoms with van der Waals surface area (Å²) in [5.41, 5.74) is 1.72. The quantitative estimate of drug-likeness (QED) is 0.597. The van der Waals surface area contributed by atoms with Crippen molar-refractivity contribution < 1.29 is 4.79 Å². The van der Waals surface area contributed by atoms with Crippen LogP contribution in [0.15, 0.2) is 24.3 Å². The molecule has 1 aromatic rings. The Labute approximate surface area is 103 Å². The van der Waals surface area contributed by atoms with Crippen LogP contribution in [0.4, 0.5) is 5.69 Å². The molecule has 0 bridgehead atoms. The van der Waals surface area contributed by atoms with Crippen LogP contribution in [0.3, 0.4) is 0 Å². The molecule has 0 fully saturated rings. The van der Waals surface area contributed by atoms with Gasteiger partial charge in [-0.3, -0.25) is 4.79 Å². The molecule has 0 aliphatic rings. The predicted molar refractivity (Wildman–Crippen MR) is 72.2 cm³/mol. The third kappa shape index (κ3) is 3.96. The van der Waals surface area contributed by atoms with Gasteiger partial charge in [-0.25, -0.2) is 0 Å². The molecule has 17 heavy (non-hydrogen) atoms. The van der Waals surface area contributed by atoms with Crippen molar-refractivity contribution in [2.75, 3.05) is 5.32 Å². The first-order valence-corrected chi connectivity index (χ1v) is 6.07. The summed E-state index contributed by atoms with van der Waals surface area (Å²) >= 11 is 0. The molecule has 0 saturated heterocycles. The lowest BCUT2D eigenvalue weighted by atomic mass is 10.1. The molecule has 0 amide bonds. The van der Waals surface area contributed by atoms with Gasteiger partial charge in [-0.15, -0.1) is 6.42 Å². The first-order chi connectivity index (χ1) is 8.21. The molecule has 0 aromatic heterocycles. The molecule has 90 valence electrons. The number of Topliss-reactive ketones (excluding diaryl/α,β-unsaturated/α-hetero) is 1. The van der Waals surface area contributed by atoms with Crippen LogP contribution in [0.1, 0.15) is 43.5 Å². The summed E-state index contributed by atoms with van der Waals surface area (Å²) in [4.78, 5) is 11.5. The number of benzene rings is 1. The second-order valence-corrected chi connectivity index (χ2v) is 4.01. The average molecular weight is 229 g/mol. The van der Waals surface area contributed by atoms with Crippen molar-refractivity contribution in [1.29, 1.82) is 0 Å². The van der Waals surface area contributed by atoms with Crippen molar-refractivity contribution in [1.82, 2.24) is 0 Å². The zero-order chi connectivity index (χ0) is 12.7. The molecule has 1 rings (SSSR count). The fraction of sp³-hybridized carbons (Fsp3) is 0.400. The summed E-state index contributed by atoms with van der Waals surface area (Å²) in [6.07, 6.45) is 7.98. The summed E-state index contributed by atoms with van der Waals surface area (Å²) in [6, 6.07) is 7.56. The van der Waals surface area contributed by atoms with E-state index in [0.29, 0.717) is 6.42 Å². The molecule has 0 aliphatic heterocycles. The number of anilines is 1. The molecule has 0 heterocycles. The lowest BCUT2D eigenvalue weighted by Crippen LogP contribution is -2.16. The number of carbonyl (C=O) groups is 1. The fourth-order valence-electron chi connectivity index (χ4n) is 1.64. The Morgan fingerprint density at radius 2 is 2.00 bits per heavy atom. The average Bonchev–Trinajstić information content (AvgIpc) is 2.38. The SMILES string of the molecule is C#CC(CCC)Nc1ccc(C(=O)CC)cc1. The molecule has 1 N–H and O–H groups in total. The standard InChI is InChI=1S/C15H19NO/c1-4-7-13(5-2)16-14-10-8-12(9-11-14)15(17)6-3/h2,8-11,13,16H,4,6-7H2,1,3H3. The molecule has 0 aliphatic carbocycles. The van der Waals surface area contributed by atoms with Crippen LogP contribution in [0, 0.1) is 12.3 Å². The lowest BCUT2D eigenvalue weighted by molar-refractivity contribution is 0.0988. The van der Waals surface area contributed by atoms with E-state index in [9.17, 15) is 4.79 Å². The van der Waals surface area contributed by atoms with E-state index in [0.717, 1.165) is 24.1 Å². The van der Waals surface area contributed by atoms with Crippen LogP contribution in [-0.4, -0.2) is 11.8 Å². The third-order valence-corrected chi connectivity index (χ3v) is 2.65. The second-order valence-electron chi connectivity index (χ2n) is 4.01. The van der Waals surface area contributed by atoms with E-state index in [-0.39, 0.29) is 11.8 Å². The number of terminal acetylenes is 1. The van der Waals surface area contributed by atoms with Crippen molar-refractivity contribution in [2.24, 2.45) is 0 Å². The number of hydrogen-bond donors (Lipinski definition) is 1. The largest absolute Gasteiger partial charge is 0.372 e. The monoisotopic (exact) mass is 229 g/mol. The molecular formula is C15H19NO. The summed E-state index contributed by atoms with van der Waals surface area (Å²) in [5, 5.41) is 3.27. The molecule has 0 saturated carbocycles. The summed E-state index contributed by atoms with van der Waals surface area (Å²) in [6.45, 7) is 3.97. The van der Waals surface area contributed by atoms with E-state index < -0.39 is 0 Å². The zero-order valence-corrected chi connectivity index (χ0v) is 10.5. The van der Waals surface area contributed by atoms with Crippen molar-refractivity contribution in [3.8, 4) is 12.3 Å². The highest BCUT2D eigenvalue weighted by molar-refractivity contribution is 5.96. The Bertz CT molecular complexity index is 400. The van der Waals surface area contributed by atoms with Gasteiger partial charge in [0.05, 0.1) is 6.04 Å². The maximum atomic E-state index is 11.5. The molecule has 0 radical (unpaired) electrons. The van der Waals surface area contributed by atoms with E-state index in [4.69, 9.17) is 6.42 Å². The van der Waals surface area contributed by atoms with Gasteiger partial charge in [0.25, 0.3) is 0 Å². The van der Waals surface area contributed by atoms with Gasteiger partial charge >= 0.3 is 0 Å². The number of carbonyl (C=O) groups excluding carboxylic acids is 1. The van der Waals surface area contributed by atoms with Gasteiger partial charge in [-0.05, 0) is 30.7 Å². The maximum absolute atomic E-state index is 11.5. The highest BCUT2D eigenvalue weighted by Crippen LogP contribution is 2.13. The van der Waals surface area contributed by atoms with Gasteiger partial charge in [0.2, 0.25) is 0 Å². The van der Waals surface area contributed by atoms with Crippen molar-refractivity contribution in [2.45, 2.75) is 39.2 Å². The fourth-order valence-corrected chi connectivity index (χ4v) is 1.64. The van der Waals surface area contributed by atoms with E-state index >= 15 is 0 Å². The van der Waals surface area contributed by atoms with E-state index in [2.05, 4.69) is 18.2 Å². The minimum absolute atomic E-state index is 0.0627. The maximum Gasteiger partial charge on any atom is 0.162 e. The Morgan fingerprint density at radius 3 is 2.47 bits per heavy atom. The number of hydrogen-bond acceptors (Lipinski definition) is 2. The Balaban J connectivity index is 2.68. The summed E-state index contributed by atoms with van der Waals surface area (Å²) in [5.74, 6) is 2.89. The van der Waals surface area contributed by atoms with Gasteiger partial charge in [0, 0.05) is 17.7 Å². The number of rotatable bonds is 6. The van der Waals surface area contributed by atoms with Crippen molar-refractivity contribution in [3.63, 3.8) is 0 Å². The van der Waals surface area contributed by atoms with E-state index in [1.54, 1.807) is 0 Å². The smallest absolute Gasteiger partial charge is 0.162 e. The highest BCUT2D eigenvalue weighted by atomic mass is 16.1. The first-order valence-electron chi connectivity index (χ1n) is 6.07. The molecule has 2 nitrogen and oxygen atoms in total.